The van der Waals surface area contributed by atoms with Crippen LogP contribution in [0.25, 0.3) is 0 Å². The second-order valence-electron chi connectivity index (χ2n) is 6.17. The summed E-state index contributed by atoms with van der Waals surface area (Å²) in [5.74, 6) is -4.08. The Morgan fingerprint density at radius 1 is 0.967 bits per heavy atom. The van der Waals surface area contributed by atoms with E-state index in [0.29, 0.717) is 6.61 Å². The Bertz CT molecular complexity index is 528. The number of carbonyl (C=O) groups is 2. The van der Waals surface area contributed by atoms with Gasteiger partial charge >= 0.3 is 59.1 Å². The van der Waals surface area contributed by atoms with Gasteiger partial charge in [0.05, 0.1) is 12.6 Å². The van der Waals surface area contributed by atoms with E-state index in [9.17, 15) is 28.2 Å². The van der Waals surface area contributed by atoms with Crippen LogP contribution >= 0.6 is 0 Å². The van der Waals surface area contributed by atoms with Gasteiger partial charge in [0.2, 0.25) is 0 Å². The molecule has 1 N–H and O–H groups in total. The Labute approximate surface area is 224 Å². The molecule has 0 aromatic rings. The molecule has 0 radical (unpaired) electrons. The molecule has 0 spiro atoms. The van der Waals surface area contributed by atoms with Crippen LogP contribution < -0.4 is 69.3 Å². The summed E-state index contributed by atoms with van der Waals surface area (Å²) in [7, 11) is -4.94. The van der Waals surface area contributed by atoms with Crippen molar-refractivity contribution in [2.75, 3.05) is 6.61 Å². The van der Waals surface area contributed by atoms with Crippen LogP contribution in [0.15, 0.2) is 12.8 Å². The Morgan fingerprint density at radius 2 is 1.40 bits per heavy atom. The molecule has 1 atom stereocenters. The molecule has 0 amide bonds. The second kappa shape index (κ2) is 25.6. The number of aliphatic carboxylic acids is 2. The molecule has 9 nitrogen and oxygen atoms in total. The van der Waals surface area contributed by atoms with Gasteiger partial charge < -0.3 is 24.7 Å². The van der Waals surface area contributed by atoms with Gasteiger partial charge in [-0.15, -0.1) is 0 Å². The van der Waals surface area contributed by atoms with Crippen LogP contribution in [0.5, 0.6) is 0 Å². The first-order valence-corrected chi connectivity index (χ1v) is 10.9. The van der Waals surface area contributed by atoms with E-state index in [1.165, 1.54) is 64.0 Å². The molecule has 0 saturated carbocycles. The van der Waals surface area contributed by atoms with E-state index < -0.39 is 33.7 Å². The molecule has 0 fully saturated rings. The fourth-order valence-electron chi connectivity index (χ4n) is 2.21. The van der Waals surface area contributed by atoms with Crippen molar-refractivity contribution in [3.63, 3.8) is 0 Å². The predicted molar refractivity (Wildman–Crippen MR) is 99.0 cm³/mol. The molecular weight excluding hydrogens is 438 g/mol. The van der Waals surface area contributed by atoms with Crippen molar-refractivity contribution >= 4 is 22.1 Å². The Morgan fingerprint density at radius 3 is 1.70 bits per heavy atom. The van der Waals surface area contributed by atoms with E-state index >= 15 is 0 Å². The Balaban J connectivity index is -0.000000219. The molecular formula is C18H32Na2O9S. The first kappa shape index (κ1) is 37.7. The van der Waals surface area contributed by atoms with E-state index in [1.54, 1.807) is 0 Å². The molecule has 0 aliphatic heterocycles. The number of unbranched alkanes of at least 4 members (excludes halogenated alkanes) is 9. The summed E-state index contributed by atoms with van der Waals surface area (Å²) >= 11 is 0. The van der Waals surface area contributed by atoms with Crippen LogP contribution in [0.2, 0.25) is 0 Å². The maximum Gasteiger partial charge on any atom is 1.00 e. The van der Waals surface area contributed by atoms with E-state index in [-0.39, 0.29) is 59.1 Å². The zero-order chi connectivity index (χ0) is 21.8. The first-order chi connectivity index (χ1) is 13.2. The molecule has 0 aliphatic rings. The number of hydrogen-bond acceptors (Lipinski definition) is 8. The molecule has 0 saturated heterocycles. The van der Waals surface area contributed by atoms with Gasteiger partial charge in [0.1, 0.15) is 11.5 Å². The standard InChI is InChI=1S/C14H28O2.C4H6O7S.2Na/c1-3-5-6-7-8-9-10-11-12-13-14-16-15-4-2;5-3(6)1-2(4(7)8)12(9,10)11;;/h4H,2-3,5-14H2,1H3;2H,1H2,(H,5,6)(H,7,8)(H,9,10,11);;/q;;2*+1/p-2. The van der Waals surface area contributed by atoms with E-state index in [0.717, 1.165) is 6.42 Å². The minimum absolute atomic E-state index is 0. The molecule has 0 rings (SSSR count). The van der Waals surface area contributed by atoms with Crippen LogP contribution in [-0.4, -0.2) is 36.8 Å². The third-order valence-electron chi connectivity index (χ3n) is 3.69. The van der Waals surface area contributed by atoms with Crippen molar-refractivity contribution in [2.24, 2.45) is 0 Å². The predicted octanol–water partition coefficient (Wildman–Crippen LogP) is -4.86. The second-order valence-corrected chi connectivity index (χ2v) is 7.76. The van der Waals surface area contributed by atoms with Crippen molar-refractivity contribution in [2.45, 2.75) is 82.8 Å². The van der Waals surface area contributed by atoms with E-state index in [4.69, 9.17) is 9.44 Å². The topological polar surface area (TPSA) is 153 Å². The summed E-state index contributed by atoms with van der Waals surface area (Å²) in [5, 5.41) is 17.3. The summed E-state index contributed by atoms with van der Waals surface area (Å²) < 4.78 is 28.5. The zero-order valence-corrected chi connectivity index (χ0v) is 23.3. The molecule has 0 bridgehead atoms. The van der Waals surface area contributed by atoms with Crippen LogP contribution in [0, 0.1) is 0 Å². The Hall–Kier alpha value is 0.350. The zero-order valence-electron chi connectivity index (χ0n) is 18.5. The smallest absolute Gasteiger partial charge is 0.550 e. The monoisotopic (exact) mass is 470 g/mol. The summed E-state index contributed by atoms with van der Waals surface area (Å²) in [6.07, 6.45) is 13.4. The summed E-state index contributed by atoms with van der Waals surface area (Å²) in [5.41, 5.74) is 0. The fraction of sp³-hybridized carbons (Fsp3) is 0.778. The number of carboxylic acid groups (broad SMARTS) is 2. The van der Waals surface area contributed by atoms with Crippen LogP contribution in [0.4, 0.5) is 0 Å². The van der Waals surface area contributed by atoms with Gasteiger partial charge in [-0.3, -0.25) is 4.55 Å². The van der Waals surface area contributed by atoms with Crippen molar-refractivity contribution in [1.82, 2.24) is 0 Å². The van der Waals surface area contributed by atoms with Crippen LogP contribution in [0.3, 0.4) is 0 Å². The minimum Gasteiger partial charge on any atom is -0.550 e. The van der Waals surface area contributed by atoms with Crippen molar-refractivity contribution in [1.29, 1.82) is 0 Å². The maximum atomic E-state index is 10.2. The molecule has 0 aromatic carbocycles. The van der Waals surface area contributed by atoms with E-state index in [2.05, 4.69) is 18.4 Å². The van der Waals surface area contributed by atoms with Gasteiger partial charge in [-0.1, -0.05) is 71.3 Å². The molecule has 0 aromatic heterocycles. The van der Waals surface area contributed by atoms with Gasteiger partial charge in [0.15, 0.2) is 0 Å². The molecule has 12 heteroatoms. The Kier molecular flexibility index (Phi) is 32.1. The first-order valence-electron chi connectivity index (χ1n) is 9.42. The number of rotatable bonds is 17. The molecule has 0 aliphatic carbocycles. The van der Waals surface area contributed by atoms with Gasteiger partial charge in [-0.2, -0.15) is 13.3 Å². The maximum absolute atomic E-state index is 10.2. The summed E-state index contributed by atoms with van der Waals surface area (Å²) in [6, 6.07) is 0. The fourth-order valence-corrected chi connectivity index (χ4v) is 2.80. The van der Waals surface area contributed by atoms with Crippen LogP contribution in [0.1, 0.15) is 77.6 Å². The number of hydrogen-bond donors (Lipinski definition) is 1. The molecule has 166 valence electrons. The van der Waals surface area contributed by atoms with Crippen molar-refractivity contribution in [3.05, 3.63) is 12.8 Å². The largest absolute Gasteiger partial charge is 1.00 e. The third kappa shape index (κ3) is 28.4. The van der Waals surface area contributed by atoms with E-state index in [1.807, 2.05) is 0 Å². The normalized spacial score (nSPS) is 11.0. The summed E-state index contributed by atoms with van der Waals surface area (Å²) in [6.45, 7) is 6.35. The summed E-state index contributed by atoms with van der Waals surface area (Å²) in [4.78, 5) is 29.1. The quantitative estimate of drug-likeness (QED) is 0.0551. The number of carbonyl (C=O) groups excluding carboxylic acids is 2. The minimum atomic E-state index is -4.94. The van der Waals surface area contributed by atoms with Gasteiger partial charge in [0, 0.05) is 12.4 Å². The van der Waals surface area contributed by atoms with Gasteiger partial charge in [-0.25, -0.2) is 0 Å². The molecule has 1 unspecified atom stereocenters. The SMILES string of the molecule is C=COOCCCCCCCCCCCC.O=C([O-])CC(C(=O)[O-])S(=O)(=O)O.[Na+].[Na+]. The van der Waals surface area contributed by atoms with Crippen LogP contribution in [-0.2, 0) is 29.5 Å². The molecule has 0 heterocycles. The number of carboxylic acids is 2. The van der Waals surface area contributed by atoms with Gasteiger partial charge in [0.25, 0.3) is 10.1 Å². The third-order valence-corrected chi connectivity index (χ3v) is 4.77. The van der Waals surface area contributed by atoms with Crippen molar-refractivity contribution in [3.8, 4) is 0 Å². The average molecular weight is 470 g/mol. The molecule has 30 heavy (non-hydrogen) atoms. The average Bonchev–Trinajstić information content (AvgIpc) is 2.60. The van der Waals surface area contributed by atoms with Gasteiger partial charge in [-0.05, 0) is 6.42 Å². The van der Waals surface area contributed by atoms with Crippen molar-refractivity contribution < 1.29 is 102 Å².